The fraction of sp³-hybridized carbons (Fsp3) is 0.775. The van der Waals surface area contributed by atoms with Gasteiger partial charge < -0.3 is 39.4 Å². The number of aliphatic hydroxyl groups excluding tert-OH is 4. The number of allylic oxidation sites excluding steroid dienone is 8. The van der Waals surface area contributed by atoms with Crippen LogP contribution in [0.2, 0.25) is 0 Å². The third-order valence-electron chi connectivity index (χ3n) is 8.48. The van der Waals surface area contributed by atoms with Gasteiger partial charge >= 0.3 is 5.97 Å². The molecule has 6 atom stereocenters. The lowest BCUT2D eigenvalue weighted by molar-refractivity contribution is -0.305. The monoisotopic (exact) mass is 695 g/mol. The van der Waals surface area contributed by atoms with E-state index in [1.54, 1.807) is 0 Å². The molecular formula is C40H70O9. The molecule has 1 aliphatic rings. The molecule has 284 valence electrons. The van der Waals surface area contributed by atoms with Crippen LogP contribution in [-0.4, -0.2) is 89.6 Å². The zero-order chi connectivity index (χ0) is 35.8. The molecule has 0 spiro atoms. The number of hydrogen-bond acceptors (Lipinski definition) is 9. The largest absolute Gasteiger partial charge is 0.457 e. The molecule has 9 heteroatoms. The molecule has 0 radical (unpaired) electrons. The second-order valence-electron chi connectivity index (χ2n) is 13.0. The zero-order valence-electron chi connectivity index (χ0n) is 30.7. The van der Waals surface area contributed by atoms with Crippen LogP contribution in [0.25, 0.3) is 0 Å². The standard InChI is InChI=1S/C40H70O9/c1-3-5-7-9-11-13-15-17-19-21-23-25-27-29-36(42)48-34(33-47-40-39(45)38(44)37(43)35(31-41)49-40)32-46-30-28-26-24-22-20-18-16-14-12-10-8-6-4-2/h5,7,11-14,17,19,34-35,37-41,43-45H,3-4,6,8-10,15-16,18,20-33H2,1-2H3/b7-5-,13-11-,14-12-,19-17-. The Balaban J connectivity index is 2.37. The molecule has 0 aromatic heterocycles. The predicted octanol–water partition coefficient (Wildman–Crippen LogP) is 7.41. The number of esters is 1. The van der Waals surface area contributed by atoms with Crippen LogP contribution in [0.15, 0.2) is 48.6 Å². The molecule has 1 rings (SSSR count). The van der Waals surface area contributed by atoms with E-state index in [4.69, 9.17) is 18.9 Å². The van der Waals surface area contributed by atoms with E-state index in [0.717, 1.165) is 64.2 Å². The molecule has 1 saturated heterocycles. The summed E-state index contributed by atoms with van der Waals surface area (Å²) in [7, 11) is 0. The first-order valence-corrected chi connectivity index (χ1v) is 19.2. The average molecular weight is 695 g/mol. The lowest BCUT2D eigenvalue weighted by Crippen LogP contribution is -2.59. The Morgan fingerprint density at radius 3 is 1.90 bits per heavy atom. The van der Waals surface area contributed by atoms with Crippen molar-refractivity contribution in [2.24, 2.45) is 0 Å². The average Bonchev–Trinajstić information content (AvgIpc) is 3.10. The van der Waals surface area contributed by atoms with Gasteiger partial charge in [0.2, 0.25) is 0 Å². The van der Waals surface area contributed by atoms with Gasteiger partial charge in [-0.1, -0.05) is 107 Å². The van der Waals surface area contributed by atoms with Crippen molar-refractivity contribution >= 4 is 5.97 Å². The van der Waals surface area contributed by atoms with Gasteiger partial charge in [0.05, 0.1) is 19.8 Å². The number of hydrogen-bond donors (Lipinski definition) is 4. The van der Waals surface area contributed by atoms with Crippen molar-refractivity contribution in [3.05, 3.63) is 48.6 Å². The summed E-state index contributed by atoms with van der Waals surface area (Å²) in [6, 6.07) is 0. The normalized spacial score (nSPS) is 22.3. The van der Waals surface area contributed by atoms with E-state index in [1.807, 2.05) is 0 Å². The van der Waals surface area contributed by atoms with Crippen molar-refractivity contribution in [3.63, 3.8) is 0 Å². The summed E-state index contributed by atoms with van der Waals surface area (Å²) in [6.45, 7) is 4.34. The minimum Gasteiger partial charge on any atom is -0.457 e. The van der Waals surface area contributed by atoms with E-state index >= 15 is 0 Å². The van der Waals surface area contributed by atoms with E-state index in [-0.39, 0.29) is 25.6 Å². The van der Waals surface area contributed by atoms with Gasteiger partial charge in [-0.2, -0.15) is 0 Å². The van der Waals surface area contributed by atoms with Crippen molar-refractivity contribution in [1.29, 1.82) is 0 Å². The molecule has 6 unspecified atom stereocenters. The molecule has 1 fully saturated rings. The van der Waals surface area contributed by atoms with Crippen LogP contribution in [-0.2, 0) is 23.7 Å². The van der Waals surface area contributed by atoms with Gasteiger partial charge in [-0.25, -0.2) is 0 Å². The third-order valence-corrected chi connectivity index (χ3v) is 8.48. The number of carbonyl (C=O) groups excluding carboxylic acids is 1. The zero-order valence-corrected chi connectivity index (χ0v) is 30.7. The van der Waals surface area contributed by atoms with Crippen molar-refractivity contribution in [2.45, 2.75) is 173 Å². The first-order chi connectivity index (χ1) is 23.9. The molecule has 0 amide bonds. The summed E-state index contributed by atoms with van der Waals surface area (Å²) >= 11 is 0. The molecule has 0 aromatic carbocycles. The van der Waals surface area contributed by atoms with Crippen LogP contribution in [0.4, 0.5) is 0 Å². The molecule has 0 aliphatic carbocycles. The fourth-order valence-electron chi connectivity index (χ4n) is 5.44. The summed E-state index contributed by atoms with van der Waals surface area (Å²) in [5.74, 6) is -0.348. The number of carbonyl (C=O) groups is 1. The highest BCUT2D eigenvalue weighted by Crippen LogP contribution is 2.22. The Hall–Kier alpha value is -1.85. The van der Waals surface area contributed by atoms with E-state index in [9.17, 15) is 25.2 Å². The molecule has 0 aromatic rings. The maximum atomic E-state index is 12.7. The van der Waals surface area contributed by atoms with Gasteiger partial charge in [0.1, 0.15) is 30.5 Å². The molecule has 1 aliphatic heterocycles. The summed E-state index contributed by atoms with van der Waals surface area (Å²) < 4.78 is 22.7. The Morgan fingerprint density at radius 2 is 1.24 bits per heavy atom. The van der Waals surface area contributed by atoms with Crippen LogP contribution >= 0.6 is 0 Å². The minimum absolute atomic E-state index is 0.127. The lowest BCUT2D eigenvalue weighted by Gasteiger charge is -2.39. The molecule has 9 nitrogen and oxygen atoms in total. The Kier molecular flexibility index (Phi) is 29.6. The number of unbranched alkanes of at least 4 members (excludes halogenated alkanes) is 12. The summed E-state index contributed by atoms with van der Waals surface area (Å²) in [4.78, 5) is 12.7. The van der Waals surface area contributed by atoms with Crippen molar-refractivity contribution in [2.75, 3.05) is 26.4 Å². The predicted molar refractivity (Wildman–Crippen MR) is 196 cm³/mol. The summed E-state index contributed by atoms with van der Waals surface area (Å²) in [5, 5.41) is 39.9. The summed E-state index contributed by atoms with van der Waals surface area (Å²) in [6.07, 6.45) is 29.9. The summed E-state index contributed by atoms with van der Waals surface area (Å²) in [5.41, 5.74) is 0. The maximum Gasteiger partial charge on any atom is 0.306 e. The fourth-order valence-corrected chi connectivity index (χ4v) is 5.44. The van der Waals surface area contributed by atoms with Gasteiger partial charge in [-0.15, -0.1) is 0 Å². The van der Waals surface area contributed by atoms with Gasteiger partial charge in [-0.05, 0) is 70.6 Å². The quantitative estimate of drug-likeness (QED) is 0.0333. The first-order valence-electron chi connectivity index (χ1n) is 19.2. The topological polar surface area (TPSA) is 135 Å². The van der Waals surface area contributed by atoms with E-state index in [1.165, 1.54) is 44.9 Å². The number of aliphatic hydroxyl groups is 4. The van der Waals surface area contributed by atoms with Crippen LogP contribution in [0, 0.1) is 0 Å². The molecule has 49 heavy (non-hydrogen) atoms. The Labute approximate surface area is 297 Å². The van der Waals surface area contributed by atoms with Gasteiger partial charge in [0.25, 0.3) is 0 Å². The molecular weight excluding hydrogens is 624 g/mol. The van der Waals surface area contributed by atoms with Crippen molar-refractivity contribution < 1.29 is 44.2 Å². The molecule has 4 N–H and O–H groups in total. The second-order valence-corrected chi connectivity index (χ2v) is 13.0. The Morgan fingerprint density at radius 1 is 0.673 bits per heavy atom. The smallest absolute Gasteiger partial charge is 0.306 e. The highest BCUT2D eigenvalue weighted by Gasteiger charge is 2.44. The van der Waals surface area contributed by atoms with Crippen molar-refractivity contribution in [1.82, 2.24) is 0 Å². The van der Waals surface area contributed by atoms with Gasteiger partial charge in [-0.3, -0.25) is 4.79 Å². The van der Waals surface area contributed by atoms with E-state index in [2.05, 4.69) is 62.5 Å². The van der Waals surface area contributed by atoms with Gasteiger partial charge in [0.15, 0.2) is 6.29 Å². The highest BCUT2D eigenvalue weighted by atomic mass is 16.7. The number of ether oxygens (including phenoxy) is 4. The molecule has 1 heterocycles. The minimum atomic E-state index is -1.54. The molecule has 0 saturated carbocycles. The van der Waals surface area contributed by atoms with Crippen LogP contribution in [0.3, 0.4) is 0 Å². The van der Waals surface area contributed by atoms with Crippen LogP contribution in [0.5, 0.6) is 0 Å². The number of rotatable bonds is 31. The Bertz CT molecular complexity index is 885. The SMILES string of the molecule is CC/C=C\C/C=C\C/C=C\CCCCCC(=O)OC(COCCCCCCCC/C=C\CCCCC)COC1OC(CO)C(O)C(O)C1O. The van der Waals surface area contributed by atoms with Crippen LogP contribution in [0.1, 0.15) is 136 Å². The third kappa shape index (κ3) is 24.1. The van der Waals surface area contributed by atoms with E-state index < -0.39 is 43.4 Å². The van der Waals surface area contributed by atoms with Crippen molar-refractivity contribution in [3.8, 4) is 0 Å². The van der Waals surface area contributed by atoms with E-state index in [0.29, 0.717) is 13.0 Å². The van der Waals surface area contributed by atoms with Crippen LogP contribution < -0.4 is 0 Å². The molecule has 0 bridgehead atoms. The second kappa shape index (κ2) is 32.1. The lowest BCUT2D eigenvalue weighted by atomic mass is 9.99. The first kappa shape index (κ1) is 45.2. The van der Waals surface area contributed by atoms with Gasteiger partial charge in [0, 0.05) is 13.0 Å². The highest BCUT2D eigenvalue weighted by molar-refractivity contribution is 5.69. The maximum absolute atomic E-state index is 12.7.